The van der Waals surface area contributed by atoms with E-state index in [1.54, 1.807) is 0 Å². The van der Waals surface area contributed by atoms with Gasteiger partial charge in [-0.2, -0.15) is 0 Å². The van der Waals surface area contributed by atoms with Crippen LogP contribution in [0.5, 0.6) is 0 Å². The maximum Gasteiger partial charge on any atom is 0.119 e. The summed E-state index contributed by atoms with van der Waals surface area (Å²) >= 11 is 0. The fraction of sp³-hybridized carbons (Fsp3) is 0.778. The molecule has 0 amide bonds. The lowest BCUT2D eigenvalue weighted by Gasteiger charge is -2.27. The number of aliphatic hydroxyl groups excluding tert-OH is 1. The van der Waals surface area contributed by atoms with Crippen LogP contribution in [0, 0.1) is 0 Å². The number of allylic oxidation sites excluding steroid dienone is 1. The van der Waals surface area contributed by atoms with Crippen LogP contribution < -0.4 is 5.32 Å². The highest BCUT2D eigenvalue weighted by atomic mass is 19.1. The molecule has 0 radical (unpaired) electrons. The van der Waals surface area contributed by atoms with Crippen molar-refractivity contribution in [3.05, 3.63) is 12.2 Å². The second-order valence-corrected chi connectivity index (χ2v) is 3.29. The van der Waals surface area contributed by atoms with Gasteiger partial charge < -0.3 is 10.4 Å². The molecular formula is C9H16FNO. The van der Waals surface area contributed by atoms with Crippen molar-refractivity contribution in [3.8, 4) is 0 Å². The van der Waals surface area contributed by atoms with Crippen LogP contribution in [0.4, 0.5) is 4.39 Å². The molecule has 1 saturated carbocycles. The Morgan fingerprint density at radius 3 is 3.00 bits per heavy atom. The van der Waals surface area contributed by atoms with E-state index < -0.39 is 6.17 Å². The predicted molar refractivity (Wildman–Crippen MR) is 46.8 cm³/mol. The number of aliphatic hydroxyl groups is 1. The molecule has 0 aromatic heterocycles. The zero-order valence-corrected chi connectivity index (χ0v) is 7.22. The van der Waals surface area contributed by atoms with Crippen LogP contribution in [0.25, 0.3) is 0 Å². The maximum atomic E-state index is 13.2. The van der Waals surface area contributed by atoms with Crippen molar-refractivity contribution in [1.82, 2.24) is 5.32 Å². The first-order chi connectivity index (χ1) is 5.74. The molecule has 70 valence electrons. The first-order valence-electron chi connectivity index (χ1n) is 4.39. The minimum atomic E-state index is -0.821. The second-order valence-electron chi connectivity index (χ2n) is 3.29. The van der Waals surface area contributed by atoms with Crippen LogP contribution in [0.3, 0.4) is 0 Å². The van der Waals surface area contributed by atoms with E-state index >= 15 is 0 Å². The van der Waals surface area contributed by atoms with Gasteiger partial charge in [0.25, 0.3) is 0 Å². The number of nitrogens with one attached hydrogen (secondary N) is 1. The first-order valence-corrected chi connectivity index (χ1v) is 4.39. The summed E-state index contributed by atoms with van der Waals surface area (Å²) in [6, 6.07) is -0.0809. The average molecular weight is 173 g/mol. The van der Waals surface area contributed by atoms with Crippen molar-refractivity contribution in [2.45, 2.75) is 31.5 Å². The summed E-state index contributed by atoms with van der Waals surface area (Å²) in [5, 5.41) is 11.5. The maximum absolute atomic E-state index is 13.2. The van der Waals surface area contributed by atoms with Gasteiger partial charge in [-0.3, -0.25) is 0 Å². The zero-order valence-electron chi connectivity index (χ0n) is 7.22. The van der Waals surface area contributed by atoms with Gasteiger partial charge in [-0.05, 0) is 12.8 Å². The topological polar surface area (TPSA) is 32.3 Å². The Hall–Kier alpha value is -0.410. The van der Waals surface area contributed by atoms with Crippen molar-refractivity contribution in [2.24, 2.45) is 0 Å². The van der Waals surface area contributed by atoms with Crippen LogP contribution in [-0.2, 0) is 0 Å². The van der Waals surface area contributed by atoms with Gasteiger partial charge in [-0.25, -0.2) is 4.39 Å². The molecule has 2 N–H and O–H groups in total. The van der Waals surface area contributed by atoms with Gasteiger partial charge in [0.2, 0.25) is 0 Å². The smallest absolute Gasteiger partial charge is 0.119 e. The molecule has 0 aliphatic heterocycles. The lowest BCUT2D eigenvalue weighted by atomic mass is 9.90. The molecule has 3 heteroatoms. The molecule has 2 nitrogen and oxygen atoms in total. The number of alkyl halides is 1. The molecule has 0 heterocycles. The Morgan fingerprint density at radius 1 is 1.67 bits per heavy atom. The van der Waals surface area contributed by atoms with E-state index in [9.17, 15) is 4.39 Å². The van der Waals surface area contributed by atoms with E-state index in [1.165, 1.54) is 0 Å². The first kappa shape index (κ1) is 9.68. The van der Waals surface area contributed by atoms with Crippen molar-refractivity contribution in [2.75, 3.05) is 13.2 Å². The highest BCUT2D eigenvalue weighted by Gasteiger charge is 2.25. The lowest BCUT2D eigenvalue weighted by Crippen LogP contribution is -2.41. The standard InChI is InChI=1S/C9H16FNO/c1-7-2-3-9(8(10)6-7)11-4-5-12/h8-9,11-12H,1-6H2. The fourth-order valence-electron chi connectivity index (χ4n) is 1.54. The summed E-state index contributed by atoms with van der Waals surface area (Å²) in [6.45, 7) is 4.32. The third-order valence-corrected chi connectivity index (χ3v) is 2.25. The molecule has 2 unspecified atom stereocenters. The van der Waals surface area contributed by atoms with E-state index in [4.69, 9.17) is 5.11 Å². The molecule has 1 fully saturated rings. The van der Waals surface area contributed by atoms with Crippen molar-refractivity contribution in [3.63, 3.8) is 0 Å². The van der Waals surface area contributed by atoms with E-state index in [2.05, 4.69) is 11.9 Å². The minimum absolute atomic E-state index is 0.0736. The van der Waals surface area contributed by atoms with Crippen molar-refractivity contribution >= 4 is 0 Å². The van der Waals surface area contributed by atoms with E-state index in [-0.39, 0.29) is 12.6 Å². The van der Waals surface area contributed by atoms with Gasteiger partial charge in [-0.1, -0.05) is 12.2 Å². The highest BCUT2D eigenvalue weighted by molar-refractivity contribution is 5.04. The van der Waals surface area contributed by atoms with Gasteiger partial charge in [0.15, 0.2) is 0 Å². The Balaban J connectivity index is 2.29. The van der Waals surface area contributed by atoms with Crippen LogP contribution in [-0.4, -0.2) is 30.5 Å². The Labute approximate surface area is 72.5 Å². The summed E-state index contributed by atoms with van der Waals surface area (Å²) in [6.07, 6.45) is 1.37. The van der Waals surface area contributed by atoms with Gasteiger partial charge in [0.05, 0.1) is 6.61 Å². The number of hydrogen-bond donors (Lipinski definition) is 2. The molecule has 12 heavy (non-hydrogen) atoms. The zero-order chi connectivity index (χ0) is 8.97. The largest absolute Gasteiger partial charge is 0.395 e. The summed E-state index contributed by atoms with van der Waals surface area (Å²) in [4.78, 5) is 0. The Bertz CT molecular complexity index is 161. The van der Waals surface area contributed by atoms with Crippen LogP contribution in [0.2, 0.25) is 0 Å². The summed E-state index contributed by atoms with van der Waals surface area (Å²) in [5.41, 5.74) is 1.00. The number of halogens is 1. The molecule has 0 aromatic rings. The molecule has 1 aliphatic rings. The van der Waals surface area contributed by atoms with E-state index in [0.29, 0.717) is 13.0 Å². The summed E-state index contributed by atoms with van der Waals surface area (Å²) in [5.74, 6) is 0. The molecule has 1 aliphatic carbocycles. The summed E-state index contributed by atoms with van der Waals surface area (Å²) < 4.78 is 13.2. The third-order valence-electron chi connectivity index (χ3n) is 2.25. The minimum Gasteiger partial charge on any atom is -0.395 e. The molecule has 0 bridgehead atoms. The van der Waals surface area contributed by atoms with Gasteiger partial charge in [0, 0.05) is 19.0 Å². The van der Waals surface area contributed by atoms with Gasteiger partial charge >= 0.3 is 0 Å². The lowest BCUT2D eigenvalue weighted by molar-refractivity contribution is 0.202. The normalized spacial score (nSPS) is 30.7. The third kappa shape index (κ3) is 2.57. The quantitative estimate of drug-likeness (QED) is 0.624. The molecular weight excluding hydrogens is 157 g/mol. The van der Waals surface area contributed by atoms with Crippen LogP contribution in [0.1, 0.15) is 19.3 Å². The number of rotatable bonds is 3. The van der Waals surface area contributed by atoms with Gasteiger partial charge in [-0.15, -0.1) is 0 Å². The fourth-order valence-corrected chi connectivity index (χ4v) is 1.54. The molecule has 0 spiro atoms. The average Bonchev–Trinajstić information content (AvgIpc) is 2.03. The Kier molecular flexibility index (Phi) is 3.69. The number of hydrogen-bond acceptors (Lipinski definition) is 2. The molecule has 0 aromatic carbocycles. The molecule has 0 saturated heterocycles. The van der Waals surface area contributed by atoms with E-state index in [0.717, 1.165) is 18.4 Å². The Morgan fingerprint density at radius 2 is 2.42 bits per heavy atom. The molecule has 1 rings (SSSR count). The van der Waals surface area contributed by atoms with Crippen molar-refractivity contribution < 1.29 is 9.50 Å². The monoisotopic (exact) mass is 173 g/mol. The SMILES string of the molecule is C=C1CCC(NCCO)C(F)C1. The van der Waals surface area contributed by atoms with Crippen LogP contribution in [0.15, 0.2) is 12.2 Å². The molecule has 2 atom stereocenters. The predicted octanol–water partition coefficient (Wildman–Crippen LogP) is 1.02. The second kappa shape index (κ2) is 4.58. The van der Waals surface area contributed by atoms with Crippen LogP contribution >= 0.6 is 0 Å². The summed E-state index contributed by atoms with van der Waals surface area (Å²) in [7, 11) is 0. The van der Waals surface area contributed by atoms with Crippen molar-refractivity contribution in [1.29, 1.82) is 0 Å². The van der Waals surface area contributed by atoms with Gasteiger partial charge in [0.1, 0.15) is 6.17 Å². The highest BCUT2D eigenvalue weighted by Crippen LogP contribution is 2.24. The van der Waals surface area contributed by atoms with E-state index in [1.807, 2.05) is 0 Å².